The van der Waals surface area contributed by atoms with E-state index in [1.807, 2.05) is 62.8 Å². The van der Waals surface area contributed by atoms with Crippen LogP contribution in [0.25, 0.3) is 32.9 Å². The molecular weight excluding hydrogens is 550 g/mol. The minimum atomic E-state index is 0. The fourth-order valence-corrected chi connectivity index (χ4v) is 2.82. The molecule has 0 bridgehead atoms. The SMILES string of the molecule is C=O.C=O.C=O.Clc1nc2c(ccc3cccnc32)cc1-c1ccccc1.[Re]. The normalized spacial score (nSPS) is 8.75. The van der Waals surface area contributed by atoms with Crippen LogP contribution in [0, 0.1) is 0 Å². The smallest absolute Gasteiger partial charge is 0.137 e. The molecule has 0 unspecified atom stereocenters. The van der Waals surface area contributed by atoms with E-state index in [0.717, 1.165) is 32.9 Å². The third kappa shape index (κ3) is 5.61. The van der Waals surface area contributed by atoms with Gasteiger partial charge in [0.15, 0.2) is 0 Å². The van der Waals surface area contributed by atoms with Gasteiger partial charge in [0.05, 0.1) is 11.0 Å². The molecule has 0 saturated carbocycles. The number of rotatable bonds is 1. The van der Waals surface area contributed by atoms with Crippen molar-refractivity contribution in [1.29, 1.82) is 0 Å². The van der Waals surface area contributed by atoms with E-state index < -0.39 is 0 Å². The van der Waals surface area contributed by atoms with Gasteiger partial charge in [-0.05, 0) is 17.7 Å². The summed E-state index contributed by atoms with van der Waals surface area (Å²) >= 11 is 6.40. The zero-order valence-corrected chi connectivity index (χ0v) is 18.3. The van der Waals surface area contributed by atoms with Gasteiger partial charge in [-0.2, -0.15) is 0 Å². The number of halogens is 1. The van der Waals surface area contributed by atoms with Gasteiger partial charge in [0.1, 0.15) is 25.5 Å². The number of hydrogen-bond donors (Lipinski definition) is 0. The number of hydrogen-bond acceptors (Lipinski definition) is 5. The summed E-state index contributed by atoms with van der Waals surface area (Å²) in [5.74, 6) is 0. The summed E-state index contributed by atoms with van der Waals surface area (Å²) in [7, 11) is 0. The predicted molar refractivity (Wildman–Crippen MR) is 109 cm³/mol. The Hall–Kier alpha value is -2.78. The average Bonchev–Trinajstić information content (AvgIpc) is 2.78. The molecular formula is C21H17ClN2O3Re. The molecule has 2 aromatic carbocycles. The second kappa shape index (κ2) is 13.4. The van der Waals surface area contributed by atoms with Crippen molar-refractivity contribution in [3.8, 4) is 11.1 Å². The Labute approximate surface area is 181 Å². The molecule has 0 N–H and O–H groups in total. The molecule has 2 aromatic heterocycles. The summed E-state index contributed by atoms with van der Waals surface area (Å²) in [5.41, 5.74) is 3.74. The van der Waals surface area contributed by atoms with Crippen LogP contribution in [0.1, 0.15) is 0 Å². The van der Waals surface area contributed by atoms with Crippen molar-refractivity contribution in [2.45, 2.75) is 0 Å². The predicted octanol–water partition coefficient (Wildman–Crippen LogP) is 4.55. The molecule has 0 aliphatic rings. The van der Waals surface area contributed by atoms with Crippen molar-refractivity contribution in [3.05, 3.63) is 72.0 Å². The Kier molecular flexibility index (Phi) is 12.1. The molecule has 0 atom stereocenters. The summed E-state index contributed by atoms with van der Waals surface area (Å²) in [6, 6.07) is 20.2. The topological polar surface area (TPSA) is 77.0 Å². The van der Waals surface area contributed by atoms with Gasteiger partial charge in [0, 0.05) is 43.0 Å². The van der Waals surface area contributed by atoms with Gasteiger partial charge < -0.3 is 14.4 Å². The van der Waals surface area contributed by atoms with Crippen LogP contribution in [-0.2, 0) is 34.8 Å². The van der Waals surface area contributed by atoms with Crippen molar-refractivity contribution >= 4 is 53.8 Å². The Morgan fingerprint density at radius 2 is 1.32 bits per heavy atom. The Bertz CT molecular complexity index is 1010. The molecule has 4 aromatic rings. The second-order valence-electron chi connectivity index (χ2n) is 4.91. The quantitative estimate of drug-likeness (QED) is 0.250. The third-order valence-corrected chi connectivity index (χ3v) is 3.88. The molecule has 0 aliphatic carbocycles. The number of aromatic nitrogens is 2. The molecule has 1 radical (unpaired) electrons. The summed E-state index contributed by atoms with van der Waals surface area (Å²) in [6.45, 7) is 6.00. The van der Waals surface area contributed by atoms with Crippen molar-refractivity contribution < 1.29 is 34.8 Å². The van der Waals surface area contributed by atoms with Gasteiger partial charge in [-0.25, -0.2) is 4.98 Å². The zero-order chi connectivity index (χ0) is 20.2. The van der Waals surface area contributed by atoms with E-state index in [0.29, 0.717) is 5.15 Å². The van der Waals surface area contributed by atoms with Gasteiger partial charge in [0.2, 0.25) is 0 Å². The molecule has 5 nitrogen and oxygen atoms in total. The van der Waals surface area contributed by atoms with Crippen LogP contribution >= 0.6 is 11.6 Å². The Balaban J connectivity index is 0.000000957. The molecule has 4 rings (SSSR count). The molecule has 28 heavy (non-hydrogen) atoms. The molecule has 0 fully saturated rings. The van der Waals surface area contributed by atoms with E-state index in [4.69, 9.17) is 26.0 Å². The number of nitrogens with zero attached hydrogens (tertiary/aromatic N) is 2. The minimum Gasteiger partial charge on any atom is -0.307 e. The summed E-state index contributed by atoms with van der Waals surface area (Å²) in [4.78, 5) is 33.0. The fraction of sp³-hybridized carbons (Fsp3) is 0. The van der Waals surface area contributed by atoms with Crippen molar-refractivity contribution in [2.75, 3.05) is 0 Å². The standard InChI is InChI=1S/C18H11ClN2.3CH2O.Re/c19-18-15(12-5-2-1-3-6-12)11-14-9-8-13-7-4-10-20-16(13)17(14)21-18;3*1-2;/h1-11H;3*1H2;. The van der Waals surface area contributed by atoms with Gasteiger partial charge in [-0.3, -0.25) is 4.98 Å². The molecule has 0 aliphatic heterocycles. The van der Waals surface area contributed by atoms with E-state index in [2.05, 4.69) is 28.2 Å². The third-order valence-electron chi connectivity index (χ3n) is 3.60. The van der Waals surface area contributed by atoms with Crippen LogP contribution in [0.15, 0.2) is 66.9 Å². The first-order valence-electron chi connectivity index (χ1n) is 7.59. The first-order chi connectivity index (χ1) is 13.3. The number of carbonyl (C=O) groups is 3. The molecule has 143 valence electrons. The first-order valence-corrected chi connectivity index (χ1v) is 7.97. The van der Waals surface area contributed by atoms with E-state index >= 15 is 0 Å². The number of carbonyl (C=O) groups excluding carboxylic acids is 3. The van der Waals surface area contributed by atoms with E-state index in [9.17, 15) is 0 Å². The Morgan fingerprint density at radius 1 is 0.714 bits per heavy atom. The molecule has 2 heterocycles. The maximum atomic E-state index is 8.00. The largest absolute Gasteiger partial charge is 0.307 e. The van der Waals surface area contributed by atoms with Crippen LogP contribution in [0.3, 0.4) is 0 Å². The van der Waals surface area contributed by atoms with Crippen LogP contribution < -0.4 is 0 Å². The summed E-state index contributed by atoms with van der Waals surface area (Å²) in [5, 5.41) is 2.62. The molecule has 0 amide bonds. The van der Waals surface area contributed by atoms with Crippen molar-refractivity contribution in [3.63, 3.8) is 0 Å². The minimum absolute atomic E-state index is 0. The van der Waals surface area contributed by atoms with Gasteiger partial charge in [-0.15, -0.1) is 0 Å². The van der Waals surface area contributed by atoms with Gasteiger partial charge >= 0.3 is 0 Å². The fourth-order valence-electron chi connectivity index (χ4n) is 2.57. The van der Waals surface area contributed by atoms with Crippen LogP contribution in [-0.4, -0.2) is 30.3 Å². The number of benzene rings is 2. The van der Waals surface area contributed by atoms with Crippen molar-refractivity contribution in [1.82, 2.24) is 9.97 Å². The average molecular weight is 567 g/mol. The molecule has 7 heteroatoms. The van der Waals surface area contributed by atoms with Crippen molar-refractivity contribution in [2.24, 2.45) is 0 Å². The van der Waals surface area contributed by atoms with Gasteiger partial charge in [0.25, 0.3) is 0 Å². The summed E-state index contributed by atoms with van der Waals surface area (Å²) in [6.07, 6.45) is 1.78. The number of pyridine rings is 2. The summed E-state index contributed by atoms with van der Waals surface area (Å²) < 4.78 is 0. The first kappa shape index (κ1) is 25.2. The molecule has 0 spiro atoms. The van der Waals surface area contributed by atoms with E-state index in [1.165, 1.54) is 0 Å². The van der Waals surface area contributed by atoms with Crippen LogP contribution in [0.5, 0.6) is 0 Å². The van der Waals surface area contributed by atoms with Crippen LogP contribution in [0.4, 0.5) is 0 Å². The number of fused-ring (bicyclic) bond motifs is 3. The maximum Gasteiger partial charge on any atom is 0.137 e. The second-order valence-corrected chi connectivity index (χ2v) is 5.26. The van der Waals surface area contributed by atoms with Gasteiger partial charge in [-0.1, -0.05) is 60.1 Å². The van der Waals surface area contributed by atoms with E-state index in [1.54, 1.807) is 6.20 Å². The van der Waals surface area contributed by atoms with E-state index in [-0.39, 0.29) is 20.4 Å². The van der Waals surface area contributed by atoms with Crippen LogP contribution in [0.2, 0.25) is 5.15 Å². The Morgan fingerprint density at radius 3 is 1.96 bits per heavy atom. The molecule has 0 saturated heterocycles. The maximum absolute atomic E-state index is 8.00. The zero-order valence-electron chi connectivity index (χ0n) is 14.8. The monoisotopic (exact) mass is 567 g/mol.